The lowest BCUT2D eigenvalue weighted by Gasteiger charge is -2.40. The number of carboxylic acids is 1. The maximum Gasteiger partial charge on any atom is 0.335 e. The molecule has 1 saturated heterocycles. The average molecular weight is 1090 g/mol. The maximum atomic E-state index is 13.2. The van der Waals surface area contributed by atoms with E-state index < -0.39 is 67.3 Å². The molecule has 77 heavy (non-hydrogen) atoms. The van der Waals surface area contributed by atoms with Gasteiger partial charge in [0.25, 0.3) is 0 Å². The maximum absolute atomic E-state index is 13.2. The lowest BCUT2D eigenvalue weighted by atomic mass is 9.98. The number of hydrogen-bond donors (Lipinski definition) is 3. The number of carbonyl (C=O) groups is 4. The Bertz CT molecular complexity index is 1520. The third kappa shape index (κ3) is 43.2. The number of unbranched alkanes of at least 4 members (excludes halogenated alkanes) is 32. The van der Waals surface area contributed by atoms with E-state index in [9.17, 15) is 34.5 Å². The molecule has 3 N–H and O–H groups in total. The first-order valence-corrected chi connectivity index (χ1v) is 31.6. The van der Waals surface area contributed by atoms with Crippen molar-refractivity contribution >= 4 is 23.9 Å². The molecule has 6 unspecified atom stereocenters. The smallest absolute Gasteiger partial charge is 0.335 e. The molecule has 0 aromatic rings. The van der Waals surface area contributed by atoms with E-state index in [1.54, 1.807) is 0 Å². The number of aliphatic carboxylic acids is 1. The third-order valence-electron chi connectivity index (χ3n) is 14.4. The van der Waals surface area contributed by atoms with Gasteiger partial charge in [0, 0.05) is 19.3 Å². The predicted octanol–water partition coefficient (Wildman–Crippen LogP) is 16.6. The van der Waals surface area contributed by atoms with Crippen LogP contribution in [-0.2, 0) is 42.9 Å². The largest absolute Gasteiger partial charge is 0.479 e. The second-order valence-corrected chi connectivity index (χ2v) is 21.7. The van der Waals surface area contributed by atoms with E-state index in [1.807, 2.05) is 0 Å². The molecule has 0 bridgehead atoms. The van der Waals surface area contributed by atoms with Crippen molar-refractivity contribution < 1.29 is 58.2 Å². The molecular formula is C65H114O12. The van der Waals surface area contributed by atoms with E-state index in [2.05, 4.69) is 69.4 Å². The van der Waals surface area contributed by atoms with Crippen LogP contribution in [0.2, 0.25) is 0 Å². The summed E-state index contributed by atoms with van der Waals surface area (Å²) < 4.78 is 28.5. The van der Waals surface area contributed by atoms with Gasteiger partial charge in [-0.25, -0.2) is 4.79 Å². The highest BCUT2D eigenvalue weighted by Gasteiger charge is 2.50. The highest BCUT2D eigenvalue weighted by atomic mass is 16.7. The summed E-state index contributed by atoms with van der Waals surface area (Å²) in [5, 5.41) is 31.5. The predicted molar refractivity (Wildman–Crippen MR) is 312 cm³/mol. The first kappa shape index (κ1) is 71.7. The van der Waals surface area contributed by atoms with Crippen LogP contribution < -0.4 is 0 Å². The molecule has 1 fully saturated rings. The van der Waals surface area contributed by atoms with Crippen molar-refractivity contribution in [2.24, 2.45) is 0 Å². The Balaban J connectivity index is 2.67. The molecule has 0 saturated carbocycles. The van der Waals surface area contributed by atoms with Crippen LogP contribution in [0.3, 0.4) is 0 Å². The molecule has 0 aliphatic carbocycles. The molecule has 0 amide bonds. The molecule has 6 atom stereocenters. The molecule has 1 aliphatic rings. The van der Waals surface area contributed by atoms with Crippen LogP contribution in [0.1, 0.15) is 290 Å². The normalized spacial score (nSPS) is 18.3. The lowest BCUT2D eigenvalue weighted by Crippen LogP contribution is -2.61. The summed E-state index contributed by atoms with van der Waals surface area (Å²) in [4.78, 5) is 51.2. The summed E-state index contributed by atoms with van der Waals surface area (Å²) in [6.45, 7) is 5.89. The number of rotatable bonds is 54. The first-order valence-electron chi connectivity index (χ1n) is 31.6. The average Bonchev–Trinajstić information content (AvgIpc) is 3.42. The SMILES string of the molecule is CC/C=C\C/C=C\C/C=C\CCCCCC(=O)OC1C(OCC(COC(=O)CCCCCCCCC/C=C\CCCCCCCC)OC(=O)CCCCCCCCCCCCCCCCCCC)OC(C(=O)O)C(O)C1O. The number of esters is 3. The Morgan fingerprint density at radius 3 is 1.27 bits per heavy atom. The molecule has 1 heterocycles. The number of allylic oxidation sites excluding steroid dienone is 8. The molecule has 12 nitrogen and oxygen atoms in total. The summed E-state index contributed by atoms with van der Waals surface area (Å²) in [7, 11) is 0. The Morgan fingerprint density at radius 1 is 0.442 bits per heavy atom. The first-order chi connectivity index (χ1) is 37.6. The molecule has 0 radical (unpaired) electrons. The van der Waals surface area contributed by atoms with E-state index in [0.29, 0.717) is 19.3 Å². The van der Waals surface area contributed by atoms with E-state index in [1.165, 1.54) is 148 Å². The molecule has 1 rings (SSSR count). The van der Waals surface area contributed by atoms with Gasteiger partial charge in [0.05, 0.1) is 6.61 Å². The van der Waals surface area contributed by atoms with Gasteiger partial charge in [-0.15, -0.1) is 0 Å². The van der Waals surface area contributed by atoms with E-state index >= 15 is 0 Å². The highest BCUT2D eigenvalue weighted by molar-refractivity contribution is 5.74. The second-order valence-electron chi connectivity index (χ2n) is 21.7. The topological polar surface area (TPSA) is 175 Å². The quantitative estimate of drug-likeness (QED) is 0.0228. The van der Waals surface area contributed by atoms with E-state index in [-0.39, 0.29) is 25.9 Å². The number of aliphatic hydroxyl groups excluding tert-OH is 2. The number of aliphatic hydroxyl groups is 2. The van der Waals surface area contributed by atoms with Crippen LogP contribution in [0.4, 0.5) is 0 Å². The number of carboxylic acid groups (broad SMARTS) is 1. The Morgan fingerprint density at radius 2 is 0.818 bits per heavy atom. The van der Waals surface area contributed by atoms with Crippen molar-refractivity contribution in [1.29, 1.82) is 0 Å². The molecular weight excluding hydrogens is 973 g/mol. The fraction of sp³-hybridized carbons (Fsp3) is 0.815. The Kier molecular flexibility index (Phi) is 49.7. The van der Waals surface area contributed by atoms with E-state index in [0.717, 1.165) is 83.5 Å². The molecule has 0 spiro atoms. The van der Waals surface area contributed by atoms with Gasteiger partial charge in [-0.1, -0.05) is 243 Å². The van der Waals surface area contributed by atoms with Gasteiger partial charge < -0.3 is 39.0 Å². The van der Waals surface area contributed by atoms with Crippen LogP contribution in [0.5, 0.6) is 0 Å². The van der Waals surface area contributed by atoms with Crippen LogP contribution in [-0.4, -0.2) is 89.2 Å². The van der Waals surface area contributed by atoms with Gasteiger partial charge in [0.1, 0.15) is 18.8 Å². The molecule has 446 valence electrons. The molecule has 0 aromatic carbocycles. The van der Waals surface area contributed by atoms with Crippen molar-refractivity contribution in [3.63, 3.8) is 0 Å². The molecule has 12 heteroatoms. The zero-order valence-electron chi connectivity index (χ0n) is 49.2. The van der Waals surface area contributed by atoms with Crippen molar-refractivity contribution in [3.05, 3.63) is 48.6 Å². The minimum Gasteiger partial charge on any atom is -0.479 e. The fourth-order valence-corrected chi connectivity index (χ4v) is 9.56. The molecule has 0 aromatic heterocycles. The van der Waals surface area contributed by atoms with Crippen LogP contribution in [0, 0.1) is 0 Å². The van der Waals surface area contributed by atoms with Crippen LogP contribution >= 0.6 is 0 Å². The molecule has 1 aliphatic heterocycles. The van der Waals surface area contributed by atoms with Gasteiger partial charge in [0.15, 0.2) is 24.6 Å². The number of hydrogen-bond acceptors (Lipinski definition) is 11. The van der Waals surface area contributed by atoms with Crippen LogP contribution in [0.15, 0.2) is 48.6 Å². The minimum atomic E-state index is -1.91. The summed E-state index contributed by atoms with van der Waals surface area (Å²) in [6.07, 6.45) is 52.2. The van der Waals surface area contributed by atoms with Crippen LogP contribution in [0.25, 0.3) is 0 Å². The van der Waals surface area contributed by atoms with Gasteiger partial charge in [-0.05, 0) is 77.0 Å². The Hall–Kier alpha value is -3.32. The zero-order chi connectivity index (χ0) is 56.1. The Labute approximate surface area is 469 Å². The van der Waals surface area contributed by atoms with E-state index in [4.69, 9.17) is 23.7 Å². The minimum absolute atomic E-state index is 0.0268. The highest BCUT2D eigenvalue weighted by Crippen LogP contribution is 2.27. The van der Waals surface area contributed by atoms with Gasteiger partial charge in [-0.3, -0.25) is 14.4 Å². The fourth-order valence-electron chi connectivity index (χ4n) is 9.56. The van der Waals surface area contributed by atoms with Gasteiger partial charge >= 0.3 is 23.9 Å². The zero-order valence-corrected chi connectivity index (χ0v) is 49.2. The third-order valence-corrected chi connectivity index (χ3v) is 14.4. The summed E-state index contributed by atoms with van der Waals surface area (Å²) in [5.74, 6) is -3.14. The number of ether oxygens (including phenoxy) is 5. The van der Waals surface area contributed by atoms with Crippen molar-refractivity contribution in [2.75, 3.05) is 13.2 Å². The summed E-state index contributed by atoms with van der Waals surface area (Å²) >= 11 is 0. The summed E-state index contributed by atoms with van der Waals surface area (Å²) in [6, 6.07) is 0. The van der Waals surface area contributed by atoms with Crippen molar-refractivity contribution in [3.8, 4) is 0 Å². The second kappa shape index (κ2) is 53.3. The summed E-state index contributed by atoms with van der Waals surface area (Å²) in [5.41, 5.74) is 0. The monoisotopic (exact) mass is 1090 g/mol. The van der Waals surface area contributed by atoms with Gasteiger partial charge in [0.2, 0.25) is 0 Å². The lowest BCUT2D eigenvalue weighted by molar-refractivity contribution is -0.301. The standard InChI is InChI=1S/C65H114O12/c1-4-7-10-13-16-19-22-25-27-29-31-34-36-39-42-45-48-51-57(66)73-54-56(75-58(67)52-49-46-43-40-38-35-32-30-28-26-23-20-17-14-11-8-5-2)55-74-65-63(61(70)60(69)62(77-65)64(71)72)76-59(68)53-50-47-44-41-37-33-24-21-18-15-12-9-6-3/h9,12,18,21,25,27,33,37,56,60-63,65,69-70H,4-8,10-11,13-17,19-20,22-24,26,28-32,34-36,38-55H2,1-3H3,(H,71,72)/b12-9-,21-18-,27-25-,37-33-. The van der Waals surface area contributed by atoms with Crippen molar-refractivity contribution in [1.82, 2.24) is 0 Å². The van der Waals surface area contributed by atoms with Gasteiger partial charge in [-0.2, -0.15) is 0 Å². The number of carbonyl (C=O) groups excluding carboxylic acids is 3. The van der Waals surface area contributed by atoms with Crippen molar-refractivity contribution in [2.45, 2.75) is 327 Å².